The Morgan fingerprint density at radius 1 is 1.54 bits per heavy atom. The van der Waals surface area contributed by atoms with Crippen LogP contribution in [0.15, 0.2) is 11.6 Å². The molecule has 0 aromatic heterocycles. The van der Waals surface area contributed by atoms with E-state index in [-0.39, 0.29) is 11.6 Å². The van der Waals surface area contributed by atoms with Crippen LogP contribution in [0.4, 0.5) is 0 Å². The first-order valence-corrected chi connectivity index (χ1v) is 5.63. The van der Waals surface area contributed by atoms with Crippen LogP contribution in [0.25, 0.3) is 0 Å². The molecule has 1 aliphatic rings. The van der Waals surface area contributed by atoms with E-state index in [2.05, 4.69) is 0 Å². The molecule has 0 aromatic rings. The van der Waals surface area contributed by atoms with Crippen molar-refractivity contribution in [3.63, 3.8) is 0 Å². The number of rotatable bonds is 1. The van der Waals surface area contributed by atoms with Gasteiger partial charge >= 0.3 is 5.97 Å². The number of carbonyl (C=O) groups is 1. The Hall–Kier alpha value is -0.440. The van der Waals surface area contributed by atoms with E-state index in [1.165, 1.54) is 5.57 Å². The van der Waals surface area contributed by atoms with Crippen molar-refractivity contribution in [1.82, 2.24) is 0 Å². The largest absolute Gasteiger partial charge is 0.457 e. The second kappa shape index (κ2) is 4.18. The van der Waals surface area contributed by atoms with E-state index in [0.29, 0.717) is 0 Å². The summed E-state index contributed by atoms with van der Waals surface area (Å²) in [4.78, 5) is 11.3. The first-order valence-electron chi connectivity index (χ1n) is 4.47. The van der Waals surface area contributed by atoms with Crippen molar-refractivity contribution >= 4 is 17.7 Å². The van der Waals surface area contributed by atoms with Crippen LogP contribution in [-0.2, 0) is 9.53 Å². The van der Waals surface area contributed by atoms with Gasteiger partial charge < -0.3 is 4.74 Å². The second-order valence-corrected chi connectivity index (χ2v) is 5.24. The van der Waals surface area contributed by atoms with Gasteiger partial charge in [0.2, 0.25) is 0 Å². The molecule has 0 aliphatic carbocycles. The van der Waals surface area contributed by atoms with Crippen LogP contribution in [0, 0.1) is 0 Å². The summed E-state index contributed by atoms with van der Waals surface area (Å²) in [6.07, 6.45) is 2.68. The topological polar surface area (TPSA) is 26.3 Å². The Kier molecular flexibility index (Phi) is 3.42. The van der Waals surface area contributed by atoms with E-state index < -0.39 is 0 Å². The molecule has 0 aromatic carbocycles. The normalized spacial score (nSPS) is 20.7. The third-order valence-corrected chi connectivity index (χ3v) is 2.65. The molecule has 2 nitrogen and oxygen atoms in total. The maximum absolute atomic E-state index is 11.3. The maximum Gasteiger partial charge on any atom is 0.331 e. The SMILES string of the molecule is CC(C)(C)OC(=O)/C=C1\CCSC1. The van der Waals surface area contributed by atoms with E-state index >= 15 is 0 Å². The van der Waals surface area contributed by atoms with Gasteiger partial charge in [0, 0.05) is 11.8 Å². The Morgan fingerprint density at radius 3 is 2.69 bits per heavy atom. The van der Waals surface area contributed by atoms with Crippen molar-refractivity contribution in [3.05, 3.63) is 11.6 Å². The van der Waals surface area contributed by atoms with Crippen LogP contribution in [-0.4, -0.2) is 23.1 Å². The number of hydrogen-bond acceptors (Lipinski definition) is 3. The lowest BCUT2D eigenvalue weighted by atomic mass is 10.2. The number of esters is 1. The minimum atomic E-state index is -0.375. The van der Waals surface area contributed by atoms with Gasteiger partial charge in [0.25, 0.3) is 0 Å². The molecule has 0 radical (unpaired) electrons. The van der Waals surface area contributed by atoms with Crippen LogP contribution >= 0.6 is 11.8 Å². The Morgan fingerprint density at radius 2 is 2.23 bits per heavy atom. The van der Waals surface area contributed by atoms with Crippen LogP contribution < -0.4 is 0 Å². The van der Waals surface area contributed by atoms with Gasteiger partial charge in [0.05, 0.1) is 0 Å². The molecule has 1 heterocycles. The van der Waals surface area contributed by atoms with E-state index in [0.717, 1.165) is 17.9 Å². The fourth-order valence-corrected chi connectivity index (χ4v) is 2.13. The first kappa shape index (κ1) is 10.6. The molecule has 13 heavy (non-hydrogen) atoms. The molecule has 3 heteroatoms. The zero-order valence-electron chi connectivity index (χ0n) is 8.42. The molecule has 1 fully saturated rings. The van der Waals surface area contributed by atoms with E-state index in [1.807, 2.05) is 32.5 Å². The molecule has 0 saturated carbocycles. The highest BCUT2D eigenvalue weighted by Gasteiger charge is 2.16. The maximum atomic E-state index is 11.3. The van der Waals surface area contributed by atoms with Crippen molar-refractivity contribution in [2.75, 3.05) is 11.5 Å². The third kappa shape index (κ3) is 4.36. The van der Waals surface area contributed by atoms with Gasteiger partial charge in [-0.2, -0.15) is 11.8 Å². The third-order valence-electron chi connectivity index (χ3n) is 1.58. The molecule has 0 spiro atoms. The quantitative estimate of drug-likeness (QED) is 0.480. The number of thioether (sulfide) groups is 1. The zero-order valence-corrected chi connectivity index (χ0v) is 9.24. The number of carbonyl (C=O) groups excluding carboxylic acids is 1. The smallest absolute Gasteiger partial charge is 0.331 e. The minimum Gasteiger partial charge on any atom is -0.457 e. The van der Waals surface area contributed by atoms with Crippen molar-refractivity contribution in [2.45, 2.75) is 32.8 Å². The minimum absolute atomic E-state index is 0.204. The fourth-order valence-electron chi connectivity index (χ4n) is 1.09. The monoisotopic (exact) mass is 200 g/mol. The summed E-state index contributed by atoms with van der Waals surface area (Å²) in [7, 11) is 0. The zero-order chi connectivity index (χ0) is 9.90. The molecule has 1 rings (SSSR count). The summed E-state index contributed by atoms with van der Waals surface area (Å²) in [6.45, 7) is 5.65. The first-order chi connectivity index (χ1) is 5.97. The highest BCUT2D eigenvalue weighted by atomic mass is 32.2. The van der Waals surface area contributed by atoms with Gasteiger partial charge in [-0.25, -0.2) is 4.79 Å². The van der Waals surface area contributed by atoms with E-state index in [9.17, 15) is 4.79 Å². The predicted octanol–water partition coefficient (Wildman–Crippen LogP) is 2.39. The predicted molar refractivity (Wildman–Crippen MR) is 55.9 cm³/mol. The average Bonchev–Trinajstić information content (AvgIpc) is 2.34. The van der Waals surface area contributed by atoms with Gasteiger partial charge in [0.15, 0.2) is 0 Å². The second-order valence-electron chi connectivity index (χ2n) is 4.14. The van der Waals surface area contributed by atoms with Gasteiger partial charge in [-0.3, -0.25) is 0 Å². The summed E-state index contributed by atoms with van der Waals surface area (Å²) >= 11 is 1.87. The highest BCUT2D eigenvalue weighted by Crippen LogP contribution is 2.22. The lowest BCUT2D eigenvalue weighted by molar-refractivity contribution is -0.148. The van der Waals surface area contributed by atoms with Gasteiger partial charge in [0.1, 0.15) is 5.60 Å². The summed E-state index contributed by atoms with van der Waals surface area (Å²) in [5.74, 6) is 1.92. The highest BCUT2D eigenvalue weighted by molar-refractivity contribution is 7.99. The van der Waals surface area contributed by atoms with Gasteiger partial charge in [-0.1, -0.05) is 5.57 Å². The Balaban J connectivity index is 2.45. The standard InChI is InChI=1S/C10H16O2S/c1-10(2,3)12-9(11)6-8-4-5-13-7-8/h6H,4-5,7H2,1-3H3/b8-6+. The van der Waals surface area contributed by atoms with Crippen molar-refractivity contribution < 1.29 is 9.53 Å². The molecule has 0 atom stereocenters. The number of ether oxygens (including phenoxy) is 1. The lowest BCUT2D eigenvalue weighted by Crippen LogP contribution is -2.22. The lowest BCUT2D eigenvalue weighted by Gasteiger charge is -2.18. The van der Waals surface area contributed by atoms with Crippen LogP contribution in [0.2, 0.25) is 0 Å². The molecule has 0 amide bonds. The van der Waals surface area contributed by atoms with Crippen LogP contribution in [0.1, 0.15) is 27.2 Å². The van der Waals surface area contributed by atoms with Gasteiger partial charge in [-0.05, 0) is 32.9 Å². The molecule has 74 valence electrons. The molecule has 0 N–H and O–H groups in total. The molecular weight excluding hydrogens is 184 g/mol. The number of hydrogen-bond donors (Lipinski definition) is 0. The van der Waals surface area contributed by atoms with Gasteiger partial charge in [-0.15, -0.1) is 0 Å². The summed E-state index contributed by atoms with van der Waals surface area (Å²) < 4.78 is 5.18. The Labute approximate surface area is 83.7 Å². The summed E-state index contributed by atoms with van der Waals surface area (Å²) in [5.41, 5.74) is 0.833. The van der Waals surface area contributed by atoms with Crippen molar-refractivity contribution in [2.24, 2.45) is 0 Å². The molecular formula is C10H16O2S. The summed E-state index contributed by atoms with van der Waals surface area (Å²) in [5, 5.41) is 0. The average molecular weight is 200 g/mol. The molecule has 1 aliphatic heterocycles. The van der Waals surface area contributed by atoms with E-state index in [1.54, 1.807) is 6.08 Å². The Bertz CT molecular complexity index is 218. The summed E-state index contributed by atoms with van der Waals surface area (Å²) in [6, 6.07) is 0. The molecule has 0 unspecified atom stereocenters. The molecule has 0 bridgehead atoms. The van der Waals surface area contributed by atoms with Crippen molar-refractivity contribution in [3.8, 4) is 0 Å². The van der Waals surface area contributed by atoms with Crippen molar-refractivity contribution in [1.29, 1.82) is 0 Å². The van der Waals surface area contributed by atoms with Crippen LogP contribution in [0.3, 0.4) is 0 Å². The fraction of sp³-hybridized carbons (Fsp3) is 0.700. The van der Waals surface area contributed by atoms with E-state index in [4.69, 9.17) is 4.74 Å². The molecule has 1 saturated heterocycles. The van der Waals surface area contributed by atoms with Crippen LogP contribution in [0.5, 0.6) is 0 Å².